The van der Waals surface area contributed by atoms with Crippen molar-refractivity contribution in [3.63, 3.8) is 0 Å². The van der Waals surface area contributed by atoms with Gasteiger partial charge in [0.1, 0.15) is 35.1 Å². The Kier molecular flexibility index (Phi) is 18.0. The summed E-state index contributed by atoms with van der Waals surface area (Å²) in [5.41, 5.74) is 15.1. The maximum absolute atomic E-state index is 13.3. The van der Waals surface area contributed by atoms with Crippen LogP contribution in [0.1, 0.15) is 92.8 Å². The lowest BCUT2D eigenvalue weighted by Gasteiger charge is -2.49. The number of nitrogens with zero attached hydrogens (tertiary/aromatic N) is 15. The molecular weight excluding hydrogens is 1350 g/mol. The lowest BCUT2D eigenvalue weighted by molar-refractivity contribution is -0.384. The molecule has 2 unspecified atom stereocenters. The second kappa shape index (κ2) is 28.1. The number of benzene rings is 4. The number of nitro benzene ring substituents is 1. The summed E-state index contributed by atoms with van der Waals surface area (Å²) >= 11 is 0. The third kappa shape index (κ3) is 13.1. The highest BCUT2D eigenvalue weighted by Crippen LogP contribution is 2.38. The van der Waals surface area contributed by atoms with Gasteiger partial charge in [-0.15, -0.1) is 0 Å². The SMILES string of the molecule is Nc1ccc2[nH]nc(-c3ccnc(N4CCN(C5CN(CC6CCN(c7ccc8c(c7)C(=O)N(C7CCC(=O)NC7=O)C8=O)CC6)C5)CC4)c3)c2c1.O=C1CCC(N2C(=O)c3ccc(N4CCC(CN5CC(N6CCN(c7cc(-c8n[nH]c9ccc([N+](=O)[O-])cc89)ccn7)CC6)C5)CC4)cc3C2=O)C(=O)N1. The molecule has 4 aromatic heterocycles. The number of amides is 8. The number of carbonyl (C=O) groups excluding carboxylic acids is 8. The van der Waals surface area contributed by atoms with Crippen molar-refractivity contribution in [3.8, 4) is 22.5 Å². The van der Waals surface area contributed by atoms with Crippen LogP contribution in [0.25, 0.3) is 44.3 Å². The molecule has 30 nitrogen and oxygen atoms in total. The van der Waals surface area contributed by atoms with Gasteiger partial charge in [-0.3, -0.25) is 98.7 Å². The minimum Gasteiger partial charge on any atom is -0.399 e. The van der Waals surface area contributed by atoms with Crippen LogP contribution in [0.4, 0.5) is 34.4 Å². The molecule has 0 aliphatic carbocycles. The molecule has 0 radical (unpaired) electrons. The van der Waals surface area contributed by atoms with Crippen LogP contribution in [-0.4, -0.2) is 254 Å². The standard InChI is InChI=1S/C38H40N10O6.C38H42N10O4/c49-34-6-5-32(36(50)40-34)47-37(51)28-3-1-25(18-29(28)38(47)52)44-11-8-23(9-12-44)20-43-21-27(22-43)45-13-15-46(16-14-45)33-17-24(7-10-39-33)35-30-19-26(48(53)54)2-4-31(30)41-42-35;39-25-1-4-31-30(18-25)35(43-42-31)24-7-10-40-33(17-24)47-15-13-46(14-16-47)27-21-44(22-27)20-23-8-11-45(12-9-23)26-2-3-28-29(19-26)38(52)48(37(28)51)32-5-6-34(49)41-36(32)50/h1-4,7,10,17-19,23,27,32H,5-6,8-9,11-16,20-22H2,(H,41,42)(H,40,49,50);1-4,7,10,17-19,23,27,32H,5-6,8-9,11-16,20-22,39H2,(H,42,43)(H,41,49,50). The second-order valence-corrected chi connectivity index (χ2v) is 29.7. The van der Waals surface area contributed by atoms with Crippen molar-refractivity contribution in [2.24, 2.45) is 11.8 Å². The average Bonchev–Trinajstić information content (AvgIpc) is 1.71. The Morgan fingerprint density at radius 3 is 1.31 bits per heavy atom. The molecule has 546 valence electrons. The number of piperazine rings is 2. The van der Waals surface area contributed by atoms with Crippen LogP contribution in [0, 0.1) is 22.0 Å². The van der Waals surface area contributed by atoms with Crippen LogP contribution in [0.2, 0.25) is 0 Å². The first-order valence-corrected chi connectivity index (χ1v) is 36.9. The van der Waals surface area contributed by atoms with Gasteiger partial charge in [0, 0.05) is 206 Å². The molecule has 8 aromatic rings. The molecule has 14 heterocycles. The molecule has 0 saturated carbocycles. The van der Waals surface area contributed by atoms with Gasteiger partial charge in [0.2, 0.25) is 23.6 Å². The number of aromatic nitrogens is 6. The summed E-state index contributed by atoms with van der Waals surface area (Å²) in [6.07, 6.45) is 8.37. The van der Waals surface area contributed by atoms with Crippen molar-refractivity contribution >= 4 is 103 Å². The number of fused-ring (bicyclic) bond motifs is 4. The Labute approximate surface area is 609 Å². The predicted molar refractivity (Wildman–Crippen MR) is 394 cm³/mol. The summed E-state index contributed by atoms with van der Waals surface area (Å²) in [7, 11) is 0. The van der Waals surface area contributed by atoms with Crippen molar-refractivity contribution in [1.82, 2.24) is 70.4 Å². The average molecular weight is 1440 g/mol. The van der Waals surface area contributed by atoms with Gasteiger partial charge in [-0.05, 0) is 135 Å². The molecular formula is C76H82N20O10. The number of aromatic amines is 2. The number of hydrogen-bond donors (Lipinski definition) is 5. The summed E-state index contributed by atoms with van der Waals surface area (Å²) in [6, 6.07) is 28.6. The first-order valence-electron chi connectivity index (χ1n) is 36.9. The highest BCUT2D eigenvalue weighted by Gasteiger charge is 2.47. The Morgan fingerprint density at radius 2 is 0.877 bits per heavy atom. The predicted octanol–water partition coefficient (Wildman–Crippen LogP) is 4.99. The number of hydrogen-bond acceptors (Lipinski definition) is 23. The lowest BCUT2D eigenvalue weighted by Crippen LogP contribution is -2.63. The Morgan fingerprint density at radius 1 is 0.453 bits per heavy atom. The van der Waals surface area contributed by atoms with Crippen LogP contribution >= 0.6 is 0 Å². The van der Waals surface area contributed by atoms with Gasteiger partial charge >= 0.3 is 0 Å². The largest absolute Gasteiger partial charge is 0.399 e. The molecule has 10 aliphatic rings. The smallest absolute Gasteiger partial charge is 0.270 e. The normalized spacial score (nSPS) is 22.1. The fraction of sp³-hybridized carbons (Fsp3) is 0.421. The monoisotopic (exact) mass is 1430 g/mol. The number of likely N-dealkylation sites (tertiary alicyclic amines) is 2. The Balaban J connectivity index is 0.000000156. The number of rotatable bonds is 15. The van der Waals surface area contributed by atoms with Gasteiger partial charge in [-0.2, -0.15) is 10.2 Å². The first kappa shape index (κ1) is 68.1. The molecule has 0 spiro atoms. The van der Waals surface area contributed by atoms with E-state index in [2.05, 4.69) is 81.3 Å². The Hall–Kier alpha value is -11.1. The van der Waals surface area contributed by atoms with Crippen molar-refractivity contribution < 1.29 is 43.3 Å². The topological polar surface area (TPSA) is 345 Å². The third-order valence-electron chi connectivity index (χ3n) is 23.4. The van der Waals surface area contributed by atoms with Crippen LogP contribution in [-0.2, 0) is 19.2 Å². The van der Waals surface area contributed by atoms with E-state index in [1.165, 1.54) is 6.07 Å². The fourth-order valence-corrected chi connectivity index (χ4v) is 17.3. The van der Waals surface area contributed by atoms with Gasteiger partial charge in [-0.1, -0.05) is 0 Å². The van der Waals surface area contributed by atoms with E-state index in [0.29, 0.717) is 57.3 Å². The molecule has 2 atom stereocenters. The van der Waals surface area contributed by atoms with Crippen molar-refractivity contribution in [2.45, 2.75) is 75.5 Å². The molecule has 8 amide bonds. The second-order valence-electron chi connectivity index (χ2n) is 29.7. The summed E-state index contributed by atoms with van der Waals surface area (Å²) in [6.45, 7) is 17.6. The number of nitrogen functional groups attached to an aromatic ring is 1. The minimum absolute atomic E-state index is 0.0326. The van der Waals surface area contributed by atoms with Gasteiger partial charge in [0.25, 0.3) is 29.3 Å². The summed E-state index contributed by atoms with van der Waals surface area (Å²) in [4.78, 5) is 143. The van der Waals surface area contributed by atoms with E-state index in [1.807, 2.05) is 54.7 Å². The molecule has 4 aromatic carbocycles. The highest BCUT2D eigenvalue weighted by atomic mass is 16.6. The van der Waals surface area contributed by atoms with Gasteiger partial charge < -0.3 is 25.3 Å². The lowest BCUT2D eigenvalue weighted by atomic mass is 9.93. The van der Waals surface area contributed by atoms with Crippen LogP contribution in [0.3, 0.4) is 0 Å². The van der Waals surface area contributed by atoms with Crippen molar-refractivity contribution in [2.75, 3.05) is 143 Å². The number of nitro groups is 1. The van der Waals surface area contributed by atoms with Crippen molar-refractivity contribution in [1.29, 1.82) is 0 Å². The molecule has 10 aliphatic heterocycles. The number of nitrogens with one attached hydrogen (secondary N) is 4. The maximum atomic E-state index is 13.3. The zero-order chi connectivity index (χ0) is 72.6. The van der Waals surface area contributed by atoms with E-state index in [9.17, 15) is 48.5 Å². The number of piperidine rings is 4. The van der Waals surface area contributed by atoms with Gasteiger partial charge in [-0.25, -0.2) is 9.97 Å². The van der Waals surface area contributed by atoms with E-state index in [1.54, 1.807) is 42.6 Å². The minimum atomic E-state index is -0.965. The molecule has 106 heavy (non-hydrogen) atoms. The number of pyridine rings is 2. The number of anilines is 5. The highest BCUT2D eigenvalue weighted by molar-refractivity contribution is 6.25. The van der Waals surface area contributed by atoms with E-state index in [4.69, 9.17) is 10.7 Å². The Bertz CT molecular complexity index is 4860. The number of non-ortho nitro benzene ring substituents is 1. The maximum Gasteiger partial charge on any atom is 0.270 e. The van der Waals surface area contributed by atoms with E-state index < -0.39 is 52.5 Å². The van der Waals surface area contributed by atoms with E-state index in [-0.39, 0.29) is 43.2 Å². The zero-order valence-corrected chi connectivity index (χ0v) is 58.6. The van der Waals surface area contributed by atoms with Gasteiger partial charge in [0.15, 0.2) is 0 Å². The van der Waals surface area contributed by atoms with Crippen molar-refractivity contribution in [3.05, 3.63) is 142 Å². The third-order valence-corrected chi connectivity index (χ3v) is 23.4. The van der Waals surface area contributed by atoms with Crippen LogP contribution in [0.15, 0.2) is 109 Å². The quantitative estimate of drug-likeness (QED) is 0.0391. The number of imide groups is 4. The number of H-pyrrole nitrogens is 2. The molecule has 8 saturated heterocycles. The molecule has 18 rings (SSSR count). The first-order chi connectivity index (χ1) is 51.5. The molecule has 0 bridgehead atoms. The number of nitrogens with two attached hydrogens (primary N) is 1. The zero-order valence-electron chi connectivity index (χ0n) is 58.6. The molecule has 30 heteroatoms. The van der Waals surface area contributed by atoms with E-state index in [0.717, 1.165) is 215 Å². The van der Waals surface area contributed by atoms with Gasteiger partial charge in [0.05, 0.1) is 38.2 Å². The number of carbonyl (C=O) groups is 8. The van der Waals surface area contributed by atoms with Crippen LogP contribution < -0.4 is 36.0 Å². The summed E-state index contributed by atoms with van der Waals surface area (Å²) < 4.78 is 0. The molecule has 8 fully saturated rings. The molecule has 6 N–H and O–H groups in total. The van der Waals surface area contributed by atoms with Crippen LogP contribution in [0.5, 0.6) is 0 Å². The summed E-state index contributed by atoms with van der Waals surface area (Å²) in [5, 5.41) is 32.7. The fourth-order valence-electron chi connectivity index (χ4n) is 17.3. The van der Waals surface area contributed by atoms with E-state index >= 15 is 0 Å². The summed E-state index contributed by atoms with van der Waals surface area (Å²) in [5.74, 6) is -0.776.